The van der Waals surface area contributed by atoms with Gasteiger partial charge < -0.3 is 23.0 Å². The molecule has 0 fully saturated rings. The van der Waals surface area contributed by atoms with Gasteiger partial charge in [0.1, 0.15) is 0 Å². The molecule has 0 rings (SSSR count). The Hall–Kier alpha value is 1.31. The number of phosphoric ester groups is 1. The fraction of sp³-hybridized carbons (Fsp3) is 0.714. The summed E-state index contributed by atoms with van der Waals surface area (Å²) in [5, 5.41) is 0. The number of phosphoric acid groups is 1. The first kappa shape index (κ1) is 34.9. The second kappa shape index (κ2) is 20.0. The topological polar surface area (TPSA) is 102 Å². The van der Waals surface area contributed by atoms with E-state index in [0.717, 1.165) is 0 Å². The van der Waals surface area contributed by atoms with Crippen molar-refractivity contribution in [3.63, 3.8) is 0 Å². The maximum absolute atomic E-state index is 10.7. The molecule has 0 aliphatic rings. The summed E-state index contributed by atoms with van der Waals surface area (Å²) < 4.78 is 46.5. The summed E-state index contributed by atoms with van der Waals surface area (Å²) in [6.45, 7) is 9.69. The van der Waals surface area contributed by atoms with Crippen LogP contribution in [-0.4, -0.2) is 44.5 Å². The van der Waals surface area contributed by atoms with Crippen LogP contribution in [0, 0.1) is 0 Å². The molecule has 15 heteroatoms. The van der Waals surface area contributed by atoms with Crippen molar-refractivity contribution in [2.24, 2.45) is 0 Å². The molecule has 9 nitrogen and oxygen atoms in total. The van der Waals surface area contributed by atoms with Gasteiger partial charge >= 0.3 is 21.3 Å². The van der Waals surface area contributed by atoms with Crippen LogP contribution < -0.4 is 0 Å². The maximum Gasteiger partial charge on any atom is 0.472 e. The third kappa shape index (κ3) is 19.7. The molecule has 0 unspecified atom stereocenters. The van der Waals surface area contributed by atoms with Crippen LogP contribution in [0.3, 0.4) is 0 Å². The van der Waals surface area contributed by atoms with Crippen molar-refractivity contribution in [2.75, 3.05) is 39.6 Å². The SMILES string of the molecule is C=CCOP(=O)(O)OCC=C.CCOP(=S)(OCC)OP(=S)(OCC)OCC.[Zn]. The molecule has 0 aromatic carbocycles. The molecule has 0 spiro atoms. The molecular weight excluding hydrogens is 535 g/mol. The molecule has 0 aromatic rings. The maximum atomic E-state index is 10.7. The zero-order valence-corrected chi connectivity index (χ0v) is 24.7. The second-order valence-electron chi connectivity index (χ2n) is 4.28. The van der Waals surface area contributed by atoms with E-state index in [0.29, 0.717) is 26.4 Å². The van der Waals surface area contributed by atoms with Gasteiger partial charge in [0, 0.05) is 19.5 Å². The minimum atomic E-state index is -3.87. The number of rotatable bonds is 16. The van der Waals surface area contributed by atoms with Crippen molar-refractivity contribution < 1.29 is 60.4 Å². The summed E-state index contributed by atoms with van der Waals surface area (Å²) in [5.74, 6) is 0. The van der Waals surface area contributed by atoms with Crippen LogP contribution in [0.25, 0.3) is 0 Å². The monoisotopic (exact) mass is 564 g/mol. The predicted molar refractivity (Wildman–Crippen MR) is 118 cm³/mol. The van der Waals surface area contributed by atoms with Crippen LogP contribution in [0.1, 0.15) is 27.7 Å². The summed E-state index contributed by atoms with van der Waals surface area (Å²) in [4.78, 5) is 8.79. The third-order valence-corrected chi connectivity index (χ3v) is 9.37. The summed E-state index contributed by atoms with van der Waals surface area (Å²) in [5.41, 5.74) is 0. The largest absolute Gasteiger partial charge is 0.472 e. The Morgan fingerprint density at radius 1 is 0.759 bits per heavy atom. The fourth-order valence-electron chi connectivity index (χ4n) is 1.25. The first-order valence-corrected chi connectivity index (χ1v) is 15.0. The van der Waals surface area contributed by atoms with Crippen LogP contribution in [0.15, 0.2) is 25.3 Å². The molecule has 0 bridgehead atoms. The van der Waals surface area contributed by atoms with E-state index in [9.17, 15) is 4.57 Å². The van der Waals surface area contributed by atoms with Gasteiger partial charge in [-0.1, -0.05) is 12.2 Å². The zero-order valence-electron chi connectivity index (χ0n) is 17.4. The molecule has 0 saturated carbocycles. The Bertz CT molecular complexity index is 517. The van der Waals surface area contributed by atoms with E-state index in [4.69, 9.17) is 50.9 Å². The quantitative estimate of drug-likeness (QED) is 0.154. The average molecular weight is 566 g/mol. The fourth-order valence-corrected chi connectivity index (χ4v) is 8.29. The van der Waals surface area contributed by atoms with Crippen LogP contribution >= 0.6 is 21.3 Å². The first-order valence-electron chi connectivity index (χ1n) is 8.40. The second-order valence-corrected chi connectivity index (χ2v) is 11.9. The molecule has 0 amide bonds. The van der Waals surface area contributed by atoms with Crippen LogP contribution in [0.2, 0.25) is 0 Å². The molecule has 0 radical (unpaired) electrons. The summed E-state index contributed by atoms with van der Waals surface area (Å²) in [6.07, 6.45) is 2.72. The molecule has 0 aromatic heterocycles. The summed E-state index contributed by atoms with van der Waals surface area (Å²) >= 11 is 10.4. The molecule has 0 aliphatic heterocycles. The van der Waals surface area contributed by atoms with E-state index >= 15 is 0 Å². The Labute approximate surface area is 197 Å². The van der Waals surface area contributed by atoms with Gasteiger partial charge in [0.25, 0.3) is 0 Å². The minimum Gasteiger partial charge on any atom is -0.309 e. The van der Waals surface area contributed by atoms with Crippen molar-refractivity contribution >= 4 is 44.9 Å². The van der Waals surface area contributed by atoms with Crippen molar-refractivity contribution in [2.45, 2.75) is 27.7 Å². The van der Waals surface area contributed by atoms with E-state index in [1.165, 1.54) is 12.2 Å². The van der Waals surface area contributed by atoms with Gasteiger partial charge in [-0.05, 0) is 51.3 Å². The van der Waals surface area contributed by atoms with Gasteiger partial charge in [0.05, 0.1) is 39.6 Å². The van der Waals surface area contributed by atoms with Crippen LogP contribution in [-0.2, 0) is 79.1 Å². The van der Waals surface area contributed by atoms with E-state index in [1.54, 1.807) is 0 Å². The van der Waals surface area contributed by atoms with E-state index in [-0.39, 0.29) is 32.7 Å². The molecule has 0 atom stereocenters. The van der Waals surface area contributed by atoms with E-state index < -0.39 is 21.3 Å². The van der Waals surface area contributed by atoms with E-state index in [2.05, 4.69) is 22.2 Å². The smallest absolute Gasteiger partial charge is 0.309 e. The van der Waals surface area contributed by atoms with Crippen molar-refractivity contribution in [1.29, 1.82) is 0 Å². The molecule has 0 aliphatic carbocycles. The number of hydrogen-bond acceptors (Lipinski definition) is 10. The van der Waals surface area contributed by atoms with Gasteiger partial charge in [0.2, 0.25) is 0 Å². The first-order chi connectivity index (χ1) is 13.1. The Kier molecular flexibility index (Phi) is 24.0. The van der Waals surface area contributed by atoms with E-state index in [1.807, 2.05) is 27.7 Å². The summed E-state index contributed by atoms with van der Waals surface area (Å²) in [7, 11) is -3.87. The standard InChI is InChI=1S/C8H20O5P2S2.C6H11O4P.Zn/c1-5-9-14(16,10-6-2)13-15(17,11-7-3)12-8-4;1-3-5-9-11(7,8)10-6-4-2;/h5-8H2,1-4H3;3-4H,1-2,5-6H2,(H,7,8);. The van der Waals surface area contributed by atoms with Crippen molar-refractivity contribution in [3.8, 4) is 0 Å². The van der Waals surface area contributed by atoms with Gasteiger partial charge in [0.15, 0.2) is 0 Å². The Morgan fingerprint density at radius 3 is 1.24 bits per heavy atom. The minimum absolute atomic E-state index is 0. The third-order valence-electron chi connectivity index (χ3n) is 2.06. The Morgan fingerprint density at radius 2 is 1.03 bits per heavy atom. The molecule has 0 saturated heterocycles. The Balaban J connectivity index is -0.000000491. The molecule has 29 heavy (non-hydrogen) atoms. The van der Waals surface area contributed by atoms with Crippen molar-refractivity contribution in [1.82, 2.24) is 0 Å². The molecule has 0 heterocycles. The van der Waals surface area contributed by atoms with Gasteiger partial charge in [-0.3, -0.25) is 9.05 Å². The van der Waals surface area contributed by atoms with Gasteiger partial charge in [-0.25, -0.2) is 8.88 Å². The average Bonchev–Trinajstić information content (AvgIpc) is 2.59. The zero-order chi connectivity index (χ0) is 22.1. The normalized spacial score (nSPS) is 11.8. The molecule has 170 valence electrons. The van der Waals surface area contributed by atoms with Gasteiger partial charge in [-0.2, -0.15) is 0 Å². The predicted octanol–water partition coefficient (Wildman–Crippen LogP) is 5.09. The van der Waals surface area contributed by atoms with Crippen molar-refractivity contribution in [3.05, 3.63) is 25.3 Å². The van der Waals surface area contributed by atoms with Crippen LogP contribution in [0.4, 0.5) is 0 Å². The summed E-state index contributed by atoms with van der Waals surface area (Å²) in [6, 6.07) is 0. The number of hydrogen-bond donors (Lipinski definition) is 1. The van der Waals surface area contributed by atoms with Crippen LogP contribution in [0.5, 0.6) is 0 Å². The molecular formula is C14H31O9P3S2Zn. The van der Waals surface area contributed by atoms with Gasteiger partial charge in [-0.15, -0.1) is 13.2 Å². The molecule has 1 N–H and O–H groups in total.